The number of fused-ring (bicyclic) bond motifs is 1. The van der Waals surface area contributed by atoms with Crippen molar-refractivity contribution >= 4 is 17.3 Å². The first-order valence-electron chi connectivity index (χ1n) is 8.28. The minimum absolute atomic E-state index is 0.0878. The Labute approximate surface area is 135 Å². The smallest absolute Gasteiger partial charge is 0.358 e. The van der Waals surface area contributed by atoms with Crippen LogP contribution >= 0.6 is 0 Å². The van der Waals surface area contributed by atoms with Crippen LogP contribution in [-0.4, -0.2) is 32.6 Å². The van der Waals surface area contributed by atoms with Crippen molar-refractivity contribution in [1.29, 1.82) is 0 Å². The molecule has 1 saturated heterocycles. The summed E-state index contributed by atoms with van der Waals surface area (Å²) >= 11 is 0. The fourth-order valence-electron chi connectivity index (χ4n) is 3.22. The van der Waals surface area contributed by atoms with Gasteiger partial charge in [-0.15, -0.1) is 0 Å². The van der Waals surface area contributed by atoms with E-state index in [0.717, 1.165) is 31.2 Å². The largest absolute Gasteiger partial charge is 0.368 e. The monoisotopic (exact) mass is 317 g/mol. The van der Waals surface area contributed by atoms with E-state index in [4.69, 9.17) is 0 Å². The summed E-state index contributed by atoms with van der Waals surface area (Å²) in [6.07, 6.45) is 6.15. The normalized spacial score (nSPS) is 18.7. The number of piperidine rings is 1. The number of hydrogen-bond acceptors (Lipinski definition) is 5. The van der Waals surface area contributed by atoms with Gasteiger partial charge in [-0.05, 0) is 42.1 Å². The van der Waals surface area contributed by atoms with Gasteiger partial charge in [0, 0.05) is 19.2 Å². The highest BCUT2D eigenvalue weighted by Crippen LogP contribution is 2.26. The topological polar surface area (TPSA) is 76.6 Å². The molecule has 0 radical (unpaired) electrons. The van der Waals surface area contributed by atoms with Crippen LogP contribution in [0.15, 0.2) is 18.3 Å². The van der Waals surface area contributed by atoms with E-state index in [2.05, 4.69) is 28.8 Å². The minimum Gasteiger partial charge on any atom is -0.358 e. The molecule has 7 heteroatoms. The lowest BCUT2D eigenvalue weighted by atomic mass is 9.91. The lowest BCUT2D eigenvalue weighted by Gasteiger charge is -2.33. The lowest BCUT2D eigenvalue weighted by Crippen LogP contribution is -2.36. The highest BCUT2D eigenvalue weighted by atomic mass is 16.6. The summed E-state index contributed by atoms with van der Waals surface area (Å²) in [6, 6.07) is 3.71. The maximum atomic E-state index is 11.1. The van der Waals surface area contributed by atoms with Gasteiger partial charge in [-0.3, -0.25) is 0 Å². The first-order chi connectivity index (χ1) is 11.0. The molecule has 0 N–H and O–H groups in total. The molecule has 1 aliphatic heterocycles. The first kappa shape index (κ1) is 15.7. The third-order valence-corrected chi connectivity index (χ3v) is 4.51. The first-order valence-corrected chi connectivity index (χ1v) is 8.28. The molecule has 1 atom stereocenters. The quantitative estimate of drug-likeness (QED) is 0.624. The molecule has 7 nitrogen and oxygen atoms in total. The molecule has 0 amide bonds. The molecule has 1 unspecified atom stereocenters. The standard InChI is InChI=1S/C16H23N5O2/c1-12(2)5-6-13-4-3-9-19(11-13)15-8-7-14-17-10-16(21(22)23)20(14)18-15/h7-8,10,12-13H,3-6,9,11H2,1-2H3. The highest BCUT2D eigenvalue weighted by molar-refractivity contribution is 5.49. The van der Waals surface area contributed by atoms with Gasteiger partial charge in [0.25, 0.3) is 0 Å². The van der Waals surface area contributed by atoms with Crippen LogP contribution in [0.5, 0.6) is 0 Å². The molecule has 124 valence electrons. The van der Waals surface area contributed by atoms with Gasteiger partial charge in [0.2, 0.25) is 5.65 Å². The fraction of sp³-hybridized carbons (Fsp3) is 0.625. The van der Waals surface area contributed by atoms with Gasteiger partial charge in [-0.1, -0.05) is 29.9 Å². The molecule has 1 fully saturated rings. The number of rotatable bonds is 5. The van der Waals surface area contributed by atoms with Gasteiger partial charge in [-0.2, -0.15) is 0 Å². The van der Waals surface area contributed by atoms with E-state index in [1.165, 1.54) is 30.0 Å². The Balaban J connectivity index is 1.79. The van der Waals surface area contributed by atoms with Crippen molar-refractivity contribution in [3.63, 3.8) is 0 Å². The van der Waals surface area contributed by atoms with Crippen LogP contribution in [0, 0.1) is 22.0 Å². The molecule has 0 saturated carbocycles. The number of nitrogens with zero attached hydrogens (tertiary/aromatic N) is 5. The molecule has 2 aromatic rings. The SMILES string of the molecule is CC(C)CCC1CCCN(c2ccc3ncc([N+](=O)[O-])n3n2)C1. The summed E-state index contributed by atoms with van der Waals surface area (Å²) in [7, 11) is 0. The maximum Gasteiger partial charge on any atom is 0.368 e. The molecule has 2 aromatic heterocycles. The number of nitro groups is 1. The number of hydrogen-bond donors (Lipinski definition) is 0. The van der Waals surface area contributed by atoms with Crippen molar-refractivity contribution in [2.24, 2.45) is 11.8 Å². The average molecular weight is 317 g/mol. The van der Waals surface area contributed by atoms with Gasteiger partial charge >= 0.3 is 5.82 Å². The van der Waals surface area contributed by atoms with E-state index in [1.54, 1.807) is 6.07 Å². The minimum atomic E-state index is -0.446. The van der Waals surface area contributed by atoms with Crippen molar-refractivity contribution in [1.82, 2.24) is 14.6 Å². The van der Waals surface area contributed by atoms with Crippen LogP contribution in [0.2, 0.25) is 0 Å². The third-order valence-electron chi connectivity index (χ3n) is 4.51. The van der Waals surface area contributed by atoms with Gasteiger partial charge in [-0.25, -0.2) is 4.98 Å². The summed E-state index contributed by atoms with van der Waals surface area (Å²) in [6.45, 7) is 6.45. The van der Waals surface area contributed by atoms with Gasteiger partial charge in [0.05, 0.1) is 0 Å². The van der Waals surface area contributed by atoms with Crippen LogP contribution in [0.4, 0.5) is 11.6 Å². The van der Waals surface area contributed by atoms with E-state index >= 15 is 0 Å². The molecule has 0 aliphatic carbocycles. The zero-order valence-electron chi connectivity index (χ0n) is 13.7. The van der Waals surface area contributed by atoms with Gasteiger partial charge in [0.15, 0.2) is 5.82 Å². The Hall–Kier alpha value is -2.18. The lowest BCUT2D eigenvalue weighted by molar-refractivity contribution is -0.391. The number of imidazole rings is 1. The predicted octanol–water partition coefficient (Wildman–Crippen LogP) is 3.29. The Kier molecular flexibility index (Phi) is 4.45. The summed E-state index contributed by atoms with van der Waals surface area (Å²) in [5, 5.41) is 15.5. The van der Waals surface area contributed by atoms with Gasteiger partial charge < -0.3 is 15.0 Å². The number of aromatic nitrogens is 3. The van der Waals surface area contributed by atoms with Crippen molar-refractivity contribution in [2.75, 3.05) is 18.0 Å². The molecule has 1 aliphatic rings. The van der Waals surface area contributed by atoms with E-state index in [1.807, 2.05) is 6.07 Å². The Bertz CT molecular complexity index is 697. The molecule has 23 heavy (non-hydrogen) atoms. The Morgan fingerprint density at radius 1 is 1.43 bits per heavy atom. The second kappa shape index (κ2) is 6.52. The molecule has 0 spiro atoms. The van der Waals surface area contributed by atoms with Crippen molar-refractivity contribution < 1.29 is 4.92 Å². The van der Waals surface area contributed by atoms with E-state index < -0.39 is 4.92 Å². The summed E-state index contributed by atoms with van der Waals surface area (Å²) in [5.41, 5.74) is 0.508. The molecule has 0 bridgehead atoms. The van der Waals surface area contributed by atoms with Crippen LogP contribution in [0.25, 0.3) is 5.65 Å². The summed E-state index contributed by atoms with van der Waals surface area (Å²) < 4.78 is 1.33. The zero-order valence-corrected chi connectivity index (χ0v) is 13.7. The molecule has 3 rings (SSSR count). The number of anilines is 1. The van der Waals surface area contributed by atoms with Crippen LogP contribution in [0.1, 0.15) is 39.5 Å². The Morgan fingerprint density at radius 3 is 3.00 bits per heavy atom. The average Bonchev–Trinajstić information content (AvgIpc) is 2.96. The summed E-state index contributed by atoms with van der Waals surface area (Å²) in [4.78, 5) is 16.9. The molecular weight excluding hydrogens is 294 g/mol. The summed E-state index contributed by atoms with van der Waals surface area (Å²) in [5.74, 6) is 2.12. The predicted molar refractivity (Wildman–Crippen MR) is 88.7 cm³/mol. The second-order valence-electron chi connectivity index (χ2n) is 6.76. The maximum absolute atomic E-state index is 11.1. The molecule has 0 aromatic carbocycles. The zero-order chi connectivity index (χ0) is 16.4. The van der Waals surface area contributed by atoms with Crippen molar-refractivity contribution in [3.8, 4) is 0 Å². The van der Waals surface area contributed by atoms with Crippen LogP contribution < -0.4 is 4.90 Å². The van der Waals surface area contributed by atoms with Crippen molar-refractivity contribution in [2.45, 2.75) is 39.5 Å². The molecular formula is C16H23N5O2. The Morgan fingerprint density at radius 2 is 2.26 bits per heavy atom. The van der Waals surface area contributed by atoms with Crippen LogP contribution in [0.3, 0.4) is 0 Å². The van der Waals surface area contributed by atoms with E-state index in [0.29, 0.717) is 11.6 Å². The fourth-order valence-corrected chi connectivity index (χ4v) is 3.22. The second-order valence-corrected chi connectivity index (χ2v) is 6.76. The van der Waals surface area contributed by atoms with Crippen LogP contribution in [-0.2, 0) is 0 Å². The van der Waals surface area contributed by atoms with Gasteiger partial charge in [0.1, 0.15) is 6.20 Å². The van der Waals surface area contributed by atoms with E-state index in [9.17, 15) is 10.1 Å². The molecule has 3 heterocycles. The van der Waals surface area contributed by atoms with Crippen molar-refractivity contribution in [3.05, 3.63) is 28.4 Å². The highest BCUT2D eigenvalue weighted by Gasteiger charge is 2.23. The third kappa shape index (κ3) is 3.43. The van der Waals surface area contributed by atoms with E-state index in [-0.39, 0.29) is 5.82 Å².